The van der Waals surface area contributed by atoms with Crippen LogP contribution in [0.4, 0.5) is 13.6 Å². The SMILES string of the molecule is COc1ccnc(CS(=O)c2nc3ccc(OC(F)F)cc3[nH]2)c1OC.O=C([O-])[O-].[Na+].[Na+]. The van der Waals surface area contributed by atoms with Crippen LogP contribution in [0, 0.1) is 0 Å². The molecule has 0 saturated carbocycles. The number of aromatic amines is 1. The first kappa shape index (κ1) is 30.5. The fraction of sp³-hybridized carbons (Fsp3) is 0.235. The molecule has 0 aliphatic heterocycles. The molecule has 10 nitrogen and oxygen atoms in total. The Morgan fingerprint density at radius 2 is 1.84 bits per heavy atom. The fourth-order valence-electron chi connectivity index (χ4n) is 2.40. The van der Waals surface area contributed by atoms with Gasteiger partial charge >= 0.3 is 65.7 Å². The molecular formula is C17H15F2N3Na2O7S. The van der Waals surface area contributed by atoms with Crippen LogP contribution in [0.25, 0.3) is 11.0 Å². The van der Waals surface area contributed by atoms with Crippen molar-refractivity contribution in [3.8, 4) is 17.2 Å². The number of ether oxygens (including phenoxy) is 3. The first-order valence-electron chi connectivity index (χ1n) is 8.02. The zero-order valence-corrected chi connectivity index (χ0v) is 22.4. The average Bonchev–Trinajstić information content (AvgIpc) is 3.10. The Morgan fingerprint density at radius 1 is 1.19 bits per heavy atom. The second kappa shape index (κ2) is 14.6. The minimum absolute atomic E-state index is 0. The van der Waals surface area contributed by atoms with E-state index in [0.29, 0.717) is 28.2 Å². The van der Waals surface area contributed by atoms with Crippen molar-refractivity contribution in [2.75, 3.05) is 14.2 Å². The summed E-state index contributed by atoms with van der Waals surface area (Å²) in [4.78, 5) is 19.6. The van der Waals surface area contributed by atoms with Gasteiger partial charge in [0.2, 0.25) is 0 Å². The van der Waals surface area contributed by atoms with E-state index in [0.717, 1.165) is 0 Å². The van der Waals surface area contributed by atoms with Gasteiger partial charge < -0.3 is 34.2 Å². The van der Waals surface area contributed by atoms with E-state index in [1.807, 2.05) is 0 Å². The summed E-state index contributed by atoms with van der Waals surface area (Å²) in [7, 11) is 1.41. The van der Waals surface area contributed by atoms with Crippen LogP contribution in [0.3, 0.4) is 0 Å². The third kappa shape index (κ3) is 8.81. The fourth-order valence-corrected chi connectivity index (χ4v) is 3.41. The molecule has 0 amide bonds. The van der Waals surface area contributed by atoms with Crippen molar-refractivity contribution >= 4 is 28.0 Å². The molecular weight excluding hydrogens is 474 g/mol. The molecule has 1 aromatic carbocycles. The van der Waals surface area contributed by atoms with E-state index in [-0.39, 0.29) is 75.8 Å². The first-order chi connectivity index (χ1) is 14.2. The minimum atomic E-state index is -2.92. The van der Waals surface area contributed by atoms with Crippen molar-refractivity contribution in [3.05, 3.63) is 36.2 Å². The van der Waals surface area contributed by atoms with E-state index < -0.39 is 23.6 Å². The number of nitrogens with zero attached hydrogens (tertiary/aromatic N) is 2. The van der Waals surface area contributed by atoms with Gasteiger partial charge in [0.15, 0.2) is 16.7 Å². The number of methoxy groups -OCH3 is 2. The zero-order valence-electron chi connectivity index (χ0n) is 17.6. The molecule has 15 heteroatoms. The Morgan fingerprint density at radius 3 is 2.41 bits per heavy atom. The van der Waals surface area contributed by atoms with Gasteiger partial charge in [-0.25, -0.2) is 4.98 Å². The van der Waals surface area contributed by atoms with Crippen LogP contribution >= 0.6 is 0 Å². The molecule has 32 heavy (non-hydrogen) atoms. The molecule has 1 unspecified atom stereocenters. The predicted molar refractivity (Wildman–Crippen MR) is 95.6 cm³/mol. The molecule has 162 valence electrons. The van der Waals surface area contributed by atoms with Crippen LogP contribution in [0.1, 0.15) is 5.69 Å². The Hall–Kier alpha value is -1.48. The summed E-state index contributed by atoms with van der Waals surface area (Å²) in [5.74, 6) is 0.908. The van der Waals surface area contributed by atoms with Crippen molar-refractivity contribution < 1.29 is 101 Å². The quantitative estimate of drug-likeness (QED) is 0.321. The molecule has 0 bridgehead atoms. The van der Waals surface area contributed by atoms with Gasteiger partial charge in [0.1, 0.15) is 5.75 Å². The van der Waals surface area contributed by atoms with Crippen molar-refractivity contribution in [3.63, 3.8) is 0 Å². The molecule has 0 saturated heterocycles. The summed E-state index contributed by atoms with van der Waals surface area (Å²) in [6.45, 7) is -2.92. The number of carbonyl (C=O) groups is 1. The number of hydrogen-bond acceptors (Lipinski definition) is 9. The first-order valence-corrected chi connectivity index (χ1v) is 9.33. The summed E-state index contributed by atoms with van der Waals surface area (Å²) in [6.07, 6.45) is -0.805. The molecule has 3 rings (SSSR count). The number of pyridine rings is 1. The monoisotopic (exact) mass is 489 g/mol. The van der Waals surface area contributed by atoms with Crippen molar-refractivity contribution in [1.29, 1.82) is 0 Å². The number of nitrogens with one attached hydrogen (secondary N) is 1. The van der Waals surface area contributed by atoms with Gasteiger partial charge in [-0.3, -0.25) is 9.19 Å². The number of hydrogen-bond donors (Lipinski definition) is 1. The van der Waals surface area contributed by atoms with E-state index in [4.69, 9.17) is 24.5 Å². The number of carboxylic acid groups (broad SMARTS) is 2. The Kier molecular flexibility index (Phi) is 13.9. The summed E-state index contributed by atoms with van der Waals surface area (Å²) in [5.41, 5.74) is 1.38. The number of carbonyl (C=O) groups excluding carboxylic acids is 1. The van der Waals surface area contributed by atoms with Crippen LogP contribution in [-0.4, -0.2) is 46.1 Å². The number of alkyl halides is 2. The van der Waals surface area contributed by atoms with Gasteiger partial charge in [0.25, 0.3) is 0 Å². The maximum absolute atomic E-state index is 12.6. The smallest absolute Gasteiger partial charge is 0.652 e. The number of fused-ring (bicyclic) bond motifs is 1. The number of rotatable bonds is 7. The summed E-state index contributed by atoms with van der Waals surface area (Å²) in [5, 5.41) is 16.9. The molecule has 2 heterocycles. The second-order valence-corrected chi connectivity index (χ2v) is 6.70. The van der Waals surface area contributed by atoms with Gasteiger partial charge in [-0.05, 0) is 18.3 Å². The van der Waals surface area contributed by atoms with E-state index >= 15 is 0 Å². The molecule has 0 fully saturated rings. The molecule has 0 aliphatic rings. The van der Waals surface area contributed by atoms with Gasteiger partial charge in [0, 0.05) is 18.3 Å². The molecule has 3 aromatic rings. The summed E-state index contributed by atoms with van der Waals surface area (Å²) < 4.78 is 52.1. The van der Waals surface area contributed by atoms with Gasteiger partial charge in [-0.15, -0.1) is 0 Å². The number of halogens is 2. The largest absolute Gasteiger partial charge is 1.00 e. The van der Waals surface area contributed by atoms with Crippen LogP contribution in [0.2, 0.25) is 0 Å². The molecule has 2 aromatic heterocycles. The topological polar surface area (TPSA) is 150 Å². The van der Waals surface area contributed by atoms with Crippen LogP contribution in [-0.2, 0) is 16.6 Å². The van der Waals surface area contributed by atoms with Crippen molar-refractivity contribution in [1.82, 2.24) is 15.0 Å². The molecule has 1 N–H and O–H groups in total. The maximum atomic E-state index is 12.6. The Balaban J connectivity index is 0.00000148. The standard InChI is InChI=1S/C16H15F2N3O4S.CH2O3.2Na/c1-23-13-5-6-19-12(14(13)24-2)8-26(22)16-20-10-4-3-9(25-15(17)18)7-11(10)21-16;2-1(3)4;;/h3-7,15H,8H2,1-2H3,(H,20,21);(H2,2,3,4);;/q;;2*+1/p-2. The van der Waals surface area contributed by atoms with Gasteiger partial charge in [-0.2, -0.15) is 8.78 Å². The average molecular weight is 489 g/mol. The molecule has 1 atom stereocenters. The van der Waals surface area contributed by atoms with Crippen molar-refractivity contribution in [2.45, 2.75) is 17.5 Å². The van der Waals surface area contributed by atoms with E-state index in [1.54, 1.807) is 6.07 Å². The van der Waals surface area contributed by atoms with Gasteiger partial charge in [0.05, 0.1) is 47.5 Å². The third-order valence-electron chi connectivity index (χ3n) is 3.51. The summed E-state index contributed by atoms with van der Waals surface area (Å²) in [6, 6.07) is 5.89. The summed E-state index contributed by atoms with van der Waals surface area (Å²) >= 11 is 0. The van der Waals surface area contributed by atoms with E-state index in [1.165, 1.54) is 38.6 Å². The zero-order chi connectivity index (χ0) is 22.3. The molecule has 0 radical (unpaired) electrons. The normalized spacial score (nSPS) is 10.8. The molecule has 0 spiro atoms. The second-order valence-electron chi connectivity index (χ2n) is 5.33. The number of aromatic nitrogens is 3. The van der Waals surface area contributed by atoms with Gasteiger partial charge in [-0.1, -0.05) is 0 Å². The maximum Gasteiger partial charge on any atom is 1.00 e. The van der Waals surface area contributed by atoms with E-state index in [2.05, 4.69) is 19.7 Å². The minimum Gasteiger partial charge on any atom is -0.652 e. The number of imidazole rings is 1. The van der Waals surface area contributed by atoms with Crippen LogP contribution in [0.5, 0.6) is 17.2 Å². The third-order valence-corrected chi connectivity index (χ3v) is 4.67. The van der Waals surface area contributed by atoms with Crippen LogP contribution in [0.15, 0.2) is 35.6 Å². The Labute approximate surface area is 227 Å². The Bertz CT molecular complexity index is 1050. The van der Waals surface area contributed by atoms with Crippen LogP contribution < -0.4 is 83.5 Å². The molecule has 0 aliphatic carbocycles. The number of H-pyrrole nitrogens is 1. The van der Waals surface area contributed by atoms with Crippen molar-refractivity contribution in [2.24, 2.45) is 0 Å². The van der Waals surface area contributed by atoms with E-state index in [9.17, 15) is 13.0 Å². The predicted octanol–water partition coefficient (Wildman–Crippen LogP) is -5.55. The number of benzene rings is 1.